The Bertz CT molecular complexity index is 3110. The molecule has 0 unspecified atom stereocenters. The molecule has 0 saturated carbocycles. The van der Waals surface area contributed by atoms with Gasteiger partial charge < -0.3 is 29.2 Å². The lowest BCUT2D eigenvalue weighted by molar-refractivity contribution is 0.165. The molecule has 8 aromatic rings. The molecule has 2 aromatic carbocycles. The van der Waals surface area contributed by atoms with E-state index in [0.29, 0.717) is 56.0 Å². The van der Waals surface area contributed by atoms with E-state index in [4.69, 9.17) is 18.9 Å². The molecule has 0 bridgehead atoms. The highest BCUT2D eigenvalue weighted by molar-refractivity contribution is 7.91. The molecule has 6 aromatic heterocycles. The van der Waals surface area contributed by atoms with Gasteiger partial charge in [-0.25, -0.2) is 46.7 Å². The van der Waals surface area contributed by atoms with E-state index in [0.717, 1.165) is 22.5 Å². The van der Waals surface area contributed by atoms with Crippen molar-refractivity contribution < 1.29 is 46.0 Å². The van der Waals surface area contributed by atoms with E-state index < -0.39 is 53.9 Å². The smallest absolute Gasteiger partial charge is 0.197 e. The molecule has 0 spiro atoms. The number of aliphatic hydroxyl groups excluding tert-OH is 2. The van der Waals surface area contributed by atoms with Crippen molar-refractivity contribution in [3.63, 3.8) is 0 Å². The van der Waals surface area contributed by atoms with Gasteiger partial charge in [0.1, 0.15) is 58.1 Å². The Labute approximate surface area is 423 Å². The van der Waals surface area contributed by atoms with E-state index in [-0.39, 0.29) is 23.3 Å². The maximum atomic E-state index is 13.5. The number of rotatable bonds is 18. The molecule has 0 amide bonds. The van der Waals surface area contributed by atoms with Crippen LogP contribution >= 0.6 is 22.7 Å². The van der Waals surface area contributed by atoms with Gasteiger partial charge in [-0.15, -0.1) is 43.1 Å². The average molecular weight is 1060 g/mol. The molecule has 26 heteroatoms. The number of hydrogen-bond donors (Lipinski definition) is 2. The molecule has 72 heavy (non-hydrogen) atoms. The molecule has 4 atom stereocenters. The number of para-hydroxylation sites is 2. The molecule has 380 valence electrons. The molecule has 8 rings (SSSR count). The van der Waals surface area contributed by atoms with Crippen LogP contribution in [0.3, 0.4) is 0 Å². The van der Waals surface area contributed by atoms with E-state index >= 15 is 0 Å². The number of aromatic nitrogens is 12. The first-order valence-electron chi connectivity index (χ1n) is 21.8. The normalized spacial score (nSPS) is 13.4. The van der Waals surface area contributed by atoms with Gasteiger partial charge in [0, 0.05) is 46.9 Å². The lowest BCUT2D eigenvalue weighted by Gasteiger charge is -2.20. The molecule has 0 fully saturated rings. The SMILES string of the molecule is COc1cccc(OC)c1-n1c(CS(=O)(=O)[C@@H](C)[C@H](O)c2ncc(C)cn2)nnc1-c1nc(C)cs1.COc1cccc(OC)c1-n1c(CS(=O)(=O)[C@H](C)[C@@H](O)c2ncc(C)cn2)nnc1-c1nc(C)cs1. The third-order valence-electron chi connectivity index (χ3n) is 11.1. The second-order valence-corrected chi connectivity index (χ2v) is 22.7. The second kappa shape index (κ2) is 22.3. The van der Waals surface area contributed by atoms with Crippen molar-refractivity contribution in [1.82, 2.24) is 59.4 Å². The van der Waals surface area contributed by atoms with Crippen molar-refractivity contribution >= 4 is 42.3 Å². The average Bonchev–Trinajstić information content (AvgIpc) is 4.20. The third-order valence-corrected chi connectivity index (χ3v) is 17.2. The number of hydrogen-bond acceptors (Lipinski definition) is 22. The fourth-order valence-corrected chi connectivity index (χ4v) is 11.3. The zero-order valence-electron chi connectivity index (χ0n) is 40.8. The minimum Gasteiger partial charge on any atom is -0.494 e. The number of nitrogens with zero attached hydrogens (tertiary/aromatic N) is 12. The quantitative estimate of drug-likeness (QED) is 0.104. The van der Waals surface area contributed by atoms with Crippen LogP contribution in [0.2, 0.25) is 0 Å². The molecule has 0 aliphatic rings. The zero-order valence-corrected chi connectivity index (χ0v) is 44.1. The predicted octanol–water partition coefficient (Wildman–Crippen LogP) is 5.70. The van der Waals surface area contributed by atoms with Crippen LogP contribution in [-0.4, -0.2) is 125 Å². The summed E-state index contributed by atoms with van der Waals surface area (Å²) in [7, 11) is -1.89. The third kappa shape index (κ3) is 11.3. The number of aliphatic hydroxyl groups is 2. The number of sulfone groups is 2. The molecule has 0 aliphatic heterocycles. The zero-order chi connectivity index (χ0) is 52.1. The maximum Gasteiger partial charge on any atom is 0.197 e. The van der Waals surface area contributed by atoms with Crippen molar-refractivity contribution in [2.75, 3.05) is 28.4 Å². The molecule has 0 radical (unpaired) electrons. The molecular formula is C46H52N12O10S4. The number of methoxy groups -OCH3 is 4. The van der Waals surface area contributed by atoms with E-state index in [1.807, 2.05) is 24.6 Å². The molecule has 0 aliphatic carbocycles. The van der Waals surface area contributed by atoms with Crippen LogP contribution in [0.15, 0.2) is 71.9 Å². The molecule has 6 heterocycles. The summed E-state index contributed by atoms with van der Waals surface area (Å²) in [4.78, 5) is 25.3. The minimum absolute atomic E-state index is 0.0310. The molecular weight excluding hydrogens is 1010 g/mol. The van der Waals surface area contributed by atoms with Gasteiger partial charge in [-0.1, -0.05) is 12.1 Å². The van der Waals surface area contributed by atoms with Gasteiger partial charge in [-0.3, -0.25) is 9.13 Å². The minimum atomic E-state index is -3.96. The van der Waals surface area contributed by atoms with Crippen LogP contribution in [-0.2, 0) is 31.2 Å². The van der Waals surface area contributed by atoms with Gasteiger partial charge in [-0.05, 0) is 76.9 Å². The maximum absolute atomic E-state index is 13.5. The van der Waals surface area contributed by atoms with Crippen LogP contribution in [0, 0.1) is 27.7 Å². The van der Waals surface area contributed by atoms with Gasteiger partial charge in [0.15, 0.2) is 64.6 Å². The van der Waals surface area contributed by atoms with Gasteiger partial charge in [0.05, 0.1) is 38.9 Å². The highest BCUT2D eigenvalue weighted by Gasteiger charge is 2.36. The standard InChI is InChI=1S/2C23H26N6O5S2/c2*1-13-9-24-21(25-10-13)20(30)15(3)36(31,32)12-18-27-28-22(23-26-14(2)11-35-23)29(18)19-16(33-4)7-6-8-17(19)34-5/h2*6-11,15,20,30H,12H2,1-5H3/t2*15-,20-/m10/s1. The van der Waals surface area contributed by atoms with Gasteiger partial charge in [0.25, 0.3) is 0 Å². The lowest BCUT2D eigenvalue weighted by atomic mass is 10.2. The number of benzene rings is 2. The summed E-state index contributed by atoms with van der Waals surface area (Å²) in [6.07, 6.45) is 3.26. The fraction of sp³-hybridized carbons (Fsp3) is 0.348. The highest BCUT2D eigenvalue weighted by atomic mass is 32.2. The Morgan fingerprint density at radius 2 is 0.861 bits per heavy atom. The Kier molecular flexibility index (Phi) is 16.4. The van der Waals surface area contributed by atoms with Gasteiger partial charge in [0.2, 0.25) is 0 Å². The topological polar surface area (TPSA) is 284 Å². The molecule has 22 nitrogen and oxygen atoms in total. The van der Waals surface area contributed by atoms with Crippen LogP contribution < -0.4 is 18.9 Å². The predicted molar refractivity (Wildman–Crippen MR) is 268 cm³/mol. The Morgan fingerprint density at radius 3 is 1.14 bits per heavy atom. The Morgan fingerprint density at radius 1 is 0.542 bits per heavy atom. The largest absolute Gasteiger partial charge is 0.494 e. The highest BCUT2D eigenvalue weighted by Crippen LogP contribution is 2.39. The van der Waals surface area contributed by atoms with E-state index in [9.17, 15) is 27.0 Å². The van der Waals surface area contributed by atoms with E-state index in [1.165, 1.54) is 89.7 Å². The Balaban J connectivity index is 0.000000211. The van der Waals surface area contributed by atoms with Crippen molar-refractivity contribution in [2.45, 2.75) is 75.8 Å². The van der Waals surface area contributed by atoms with Crippen molar-refractivity contribution in [1.29, 1.82) is 0 Å². The van der Waals surface area contributed by atoms with Gasteiger partial charge in [-0.2, -0.15) is 0 Å². The van der Waals surface area contributed by atoms with Gasteiger partial charge >= 0.3 is 0 Å². The number of thiazole rings is 2. The first kappa shape index (κ1) is 53.0. The summed E-state index contributed by atoms with van der Waals surface area (Å²) in [6.45, 7) is 10.1. The lowest BCUT2D eigenvalue weighted by Crippen LogP contribution is -2.29. The van der Waals surface area contributed by atoms with E-state index in [2.05, 4.69) is 50.3 Å². The van der Waals surface area contributed by atoms with Crippen LogP contribution in [0.25, 0.3) is 33.0 Å². The van der Waals surface area contributed by atoms with Crippen LogP contribution in [0.1, 0.15) is 71.9 Å². The fourth-order valence-electron chi connectivity index (χ4n) is 7.13. The first-order chi connectivity index (χ1) is 34.3. The summed E-state index contributed by atoms with van der Waals surface area (Å²) in [5, 5.41) is 40.9. The van der Waals surface area contributed by atoms with Crippen molar-refractivity contribution in [2.24, 2.45) is 0 Å². The second-order valence-electron chi connectivity index (χ2n) is 16.3. The number of ether oxygens (including phenoxy) is 4. The molecule has 0 saturated heterocycles. The first-order valence-corrected chi connectivity index (χ1v) is 27.0. The summed E-state index contributed by atoms with van der Waals surface area (Å²) in [5.41, 5.74) is 4.06. The van der Waals surface area contributed by atoms with Crippen molar-refractivity contribution in [3.8, 4) is 56.0 Å². The van der Waals surface area contributed by atoms with Crippen molar-refractivity contribution in [3.05, 3.63) is 118 Å². The number of aryl methyl sites for hydroxylation is 4. The summed E-state index contributed by atoms with van der Waals surface area (Å²) in [6, 6.07) is 10.4. The summed E-state index contributed by atoms with van der Waals surface area (Å²) in [5.74, 6) is 1.68. The monoisotopic (exact) mass is 1060 g/mol. The van der Waals surface area contributed by atoms with Crippen LogP contribution in [0.4, 0.5) is 0 Å². The van der Waals surface area contributed by atoms with Crippen LogP contribution in [0.5, 0.6) is 23.0 Å². The Hall–Kier alpha value is -6.84. The van der Waals surface area contributed by atoms with E-state index in [1.54, 1.807) is 59.4 Å². The summed E-state index contributed by atoms with van der Waals surface area (Å²) >= 11 is 2.71. The molecule has 2 N–H and O–H groups in total. The summed E-state index contributed by atoms with van der Waals surface area (Å²) < 4.78 is 79.2.